The highest BCUT2D eigenvalue weighted by atomic mass is 16.4. The Morgan fingerprint density at radius 2 is 1.74 bits per heavy atom. The molecule has 0 saturated carbocycles. The van der Waals surface area contributed by atoms with Gasteiger partial charge in [-0.3, -0.25) is 10.1 Å². The Morgan fingerprint density at radius 3 is 2.39 bits per heavy atom. The van der Waals surface area contributed by atoms with Crippen LogP contribution in [0.3, 0.4) is 0 Å². The third kappa shape index (κ3) is 3.58. The van der Waals surface area contributed by atoms with Gasteiger partial charge < -0.3 is 10.1 Å². The molecular formula is C18H17N3O2. The number of nitrogens with zero attached hydrogens (tertiary/aromatic N) is 2. The number of rotatable bonds is 3. The molecule has 1 aliphatic rings. The molecule has 5 nitrogen and oxygen atoms in total. The van der Waals surface area contributed by atoms with E-state index < -0.39 is 0 Å². The largest absolute Gasteiger partial charge is 0.408 e. The molecule has 1 saturated heterocycles. The molecule has 0 bridgehead atoms. The molecule has 1 amide bonds. The fourth-order valence-corrected chi connectivity index (χ4v) is 2.50. The zero-order valence-electron chi connectivity index (χ0n) is 12.5. The van der Waals surface area contributed by atoms with E-state index in [0.717, 1.165) is 11.1 Å². The number of hydrogen-bond donors (Lipinski definition) is 2. The summed E-state index contributed by atoms with van der Waals surface area (Å²) in [6, 6.07) is 19.5. The lowest BCUT2D eigenvalue weighted by Crippen LogP contribution is -2.51. The van der Waals surface area contributed by atoms with Crippen molar-refractivity contribution in [2.24, 2.45) is 5.16 Å². The maximum Gasteiger partial charge on any atom is 0.255 e. The van der Waals surface area contributed by atoms with Crippen LogP contribution in [0.15, 0.2) is 71.4 Å². The summed E-state index contributed by atoms with van der Waals surface area (Å²) in [7, 11) is 0. The first-order valence-electron chi connectivity index (χ1n) is 7.34. The second kappa shape index (κ2) is 6.79. The van der Waals surface area contributed by atoms with Crippen LogP contribution in [0.2, 0.25) is 0 Å². The Bertz CT molecular complexity index is 739. The van der Waals surface area contributed by atoms with Crippen LogP contribution in [-0.4, -0.2) is 28.5 Å². The fraction of sp³-hybridized carbons (Fsp3) is 0.111. The summed E-state index contributed by atoms with van der Waals surface area (Å²) in [6.07, 6.45) is 1.85. The smallest absolute Gasteiger partial charge is 0.255 e. The fourth-order valence-electron chi connectivity index (χ4n) is 2.50. The third-order valence-electron chi connectivity index (χ3n) is 3.63. The maximum atomic E-state index is 12.2. The molecule has 1 heterocycles. The molecule has 2 aromatic rings. The number of carbonyl (C=O) groups is 1. The van der Waals surface area contributed by atoms with Crippen molar-refractivity contribution in [3.8, 4) is 0 Å². The molecule has 0 spiro atoms. The van der Waals surface area contributed by atoms with Crippen molar-refractivity contribution in [3.63, 3.8) is 0 Å². The number of carbonyl (C=O) groups excluding carboxylic acids is 1. The van der Waals surface area contributed by atoms with Crippen molar-refractivity contribution in [2.75, 3.05) is 6.54 Å². The van der Waals surface area contributed by atoms with E-state index in [2.05, 4.69) is 10.5 Å². The van der Waals surface area contributed by atoms with E-state index in [0.29, 0.717) is 18.7 Å². The first-order chi connectivity index (χ1) is 11.3. The van der Waals surface area contributed by atoms with Gasteiger partial charge in [0.25, 0.3) is 5.91 Å². The van der Waals surface area contributed by atoms with Gasteiger partial charge >= 0.3 is 0 Å². The van der Waals surface area contributed by atoms with Gasteiger partial charge in [-0.1, -0.05) is 65.8 Å². The lowest BCUT2D eigenvalue weighted by Gasteiger charge is -2.30. The van der Waals surface area contributed by atoms with Crippen molar-refractivity contribution in [2.45, 2.75) is 6.54 Å². The normalized spacial score (nSPS) is 18.3. The van der Waals surface area contributed by atoms with Gasteiger partial charge in [0.15, 0.2) is 0 Å². The second-order valence-electron chi connectivity index (χ2n) is 5.30. The van der Waals surface area contributed by atoms with Crippen LogP contribution in [0, 0.1) is 0 Å². The number of benzene rings is 2. The van der Waals surface area contributed by atoms with Crippen LogP contribution in [-0.2, 0) is 11.3 Å². The lowest BCUT2D eigenvalue weighted by molar-refractivity contribution is -0.117. The van der Waals surface area contributed by atoms with Gasteiger partial charge in [-0.15, -0.1) is 0 Å². The first-order valence-corrected chi connectivity index (χ1v) is 7.34. The number of hydrogen-bond acceptors (Lipinski definition) is 3. The van der Waals surface area contributed by atoms with Crippen molar-refractivity contribution < 1.29 is 10.0 Å². The quantitative estimate of drug-likeness (QED) is 0.520. The predicted molar refractivity (Wildman–Crippen MR) is 88.6 cm³/mol. The summed E-state index contributed by atoms with van der Waals surface area (Å²) in [5, 5.41) is 15.0. The average Bonchev–Trinajstić information content (AvgIpc) is 2.59. The van der Waals surface area contributed by atoms with Crippen LogP contribution in [0.5, 0.6) is 0 Å². The molecule has 23 heavy (non-hydrogen) atoms. The van der Waals surface area contributed by atoms with E-state index in [1.807, 2.05) is 71.6 Å². The van der Waals surface area contributed by atoms with Crippen LogP contribution in [0.4, 0.5) is 0 Å². The Kier molecular flexibility index (Phi) is 4.38. The lowest BCUT2D eigenvalue weighted by atomic mass is 10.1. The number of nitrogens with one attached hydrogen (secondary N) is 1. The second-order valence-corrected chi connectivity index (χ2v) is 5.30. The minimum atomic E-state index is -0.244. The Labute approximate surface area is 134 Å². The Hall–Kier alpha value is -3.08. The third-order valence-corrected chi connectivity index (χ3v) is 3.63. The van der Waals surface area contributed by atoms with Crippen LogP contribution in [0.25, 0.3) is 6.08 Å². The number of guanidine groups is 1. The summed E-state index contributed by atoms with van der Waals surface area (Å²) in [5.41, 5.74) is 2.66. The van der Waals surface area contributed by atoms with Gasteiger partial charge in [-0.05, 0) is 17.2 Å². The highest BCUT2D eigenvalue weighted by Gasteiger charge is 2.26. The molecule has 1 aliphatic heterocycles. The Balaban J connectivity index is 1.84. The number of amides is 1. The first kappa shape index (κ1) is 14.8. The van der Waals surface area contributed by atoms with Gasteiger partial charge in [0.2, 0.25) is 5.96 Å². The van der Waals surface area contributed by atoms with Gasteiger partial charge in [-0.25, -0.2) is 0 Å². The van der Waals surface area contributed by atoms with E-state index >= 15 is 0 Å². The predicted octanol–water partition coefficient (Wildman–Crippen LogP) is 2.45. The molecule has 2 aromatic carbocycles. The van der Waals surface area contributed by atoms with Gasteiger partial charge in [-0.2, -0.15) is 0 Å². The zero-order valence-corrected chi connectivity index (χ0v) is 12.5. The summed E-state index contributed by atoms with van der Waals surface area (Å²) in [4.78, 5) is 14.0. The molecule has 0 atom stereocenters. The Morgan fingerprint density at radius 1 is 1.09 bits per heavy atom. The number of oxime groups is 1. The van der Waals surface area contributed by atoms with E-state index in [1.54, 1.807) is 0 Å². The zero-order chi connectivity index (χ0) is 16.1. The summed E-state index contributed by atoms with van der Waals surface area (Å²) in [5.74, 6) is -0.0740. The standard InChI is InChI=1S/C18H17N3O2/c22-17-16(11-14-7-3-1-4-8-14)13-21(18(19-17)20-23)12-15-9-5-2-6-10-15/h1-11,23H,12-13H2,(H,19,20,22)/b16-11+. The highest BCUT2D eigenvalue weighted by molar-refractivity contribution is 6.10. The molecule has 5 heteroatoms. The average molecular weight is 307 g/mol. The van der Waals surface area contributed by atoms with Gasteiger partial charge in [0.1, 0.15) is 0 Å². The topological polar surface area (TPSA) is 64.9 Å². The van der Waals surface area contributed by atoms with Crippen LogP contribution in [0.1, 0.15) is 11.1 Å². The monoisotopic (exact) mass is 307 g/mol. The molecule has 0 radical (unpaired) electrons. The summed E-state index contributed by atoms with van der Waals surface area (Å²) >= 11 is 0. The molecule has 3 rings (SSSR count). The van der Waals surface area contributed by atoms with Crippen molar-refractivity contribution in [3.05, 3.63) is 77.4 Å². The highest BCUT2D eigenvalue weighted by Crippen LogP contribution is 2.15. The SMILES string of the molecule is O=C1N/C(=N\O)N(Cc2ccccc2)C/C1=C\c1ccccc1. The molecule has 116 valence electrons. The molecule has 2 N–H and O–H groups in total. The van der Waals surface area contributed by atoms with E-state index in [4.69, 9.17) is 5.21 Å². The van der Waals surface area contributed by atoms with Gasteiger partial charge in [0.05, 0.1) is 6.54 Å². The van der Waals surface area contributed by atoms with Crippen molar-refractivity contribution >= 4 is 17.9 Å². The van der Waals surface area contributed by atoms with E-state index in [9.17, 15) is 4.79 Å². The van der Waals surface area contributed by atoms with E-state index in [-0.39, 0.29) is 11.9 Å². The summed E-state index contributed by atoms with van der Waals surface area (Å²) in [6.45, 7) is 0.932. The van der Waals surface area contributed by atoms with Crippen molar-refractivity contribution in [1.82, 2.24) is 10.2 Å². The minimum absolute atomic E-state index is 0.170. The molecule has 0 aliphatic carbocycles. The molecular weight excluding hydrogens is 290 g/mol. The van der Waals surface area contributed by atoms with Crippen molar-refractivity contribution in [1.29, 1.82) is 0 Å². The van der Waals surface area contributed by atoms with E-state index in [1.165, 1.54) is 0 Å². The van der Waals surface area contributed by atoms with Crippen LogP contribution < -0.4 is 5.32 Å². The molecule has 0 aromatic heterocycles. The molecule has 1 fully saturated rings. The molecule has 0 unspecified atom stereocenters. The minimum Gasteiger partial charge on any atom is -0.408 e. The van der Waals surface area contributed by atoms with Gasteiger partial charge in [0, 0.05) is 12.1 Å². The summed E-state index contributed by atoms with van der Waals surface area (Å²) < 4.78 is 0. The van der Waals surface area contributed by atoms with Crippen LogP contribution >= 0.6 is 0 Å². The maximum absolute atomic E-state index is 12.2.